The summed E-state index contributed by atoms with van der Waals surface area (Å²) in [6.45, 7) is 4.41. The Kier molecular flexibility index (Phi) is 11.3. The summed E-state index contributed by atoms with van der Waals surface area (Å²) < 4.78 is 0. The molecule has 2 rings (SSSR count). The summed E-state index contributed by atoms with van der Waals surface area (Å²) in [5.41, 5.74) is 17.3. The van der Waals surface area contributed by atoms with Crippen molar-refractivity contribution in [3.8, 4) is 0 Å². The molecule has 37 heavy (non-hydrogen) atoms. The van der Waals surface area contributed by atoms with E-state index < -0.39 is 42.0 Å². The maximum Gasteiger partial charge on any atom is 0.326 e. The van der Waals surface area contributed by atoms with Gasteiger partial charge in [-0.15, -0.1) is 0 Å². The molecule has 0 aliphatic carbocycles. The summed E-state index contributed by atoms with van der Waals surface area (Å²) in [5, 5.41) is 14.8. The lowest BCUT2D eigenvalue weighted by Gasteiger charge is -2.28. The zero-order valence-electron chi connectivity index (χ0n) is 21.4. The van der Waals surface area contributed by atoms with Crippen molar-refractivity contribution in [2.75, 3.05) is 13.1 Å². The van der Waals surface area contributed by atoms with Gasteiger partial charge in [0.2, 0.25) is 17.7 Å². The average Bonchev–Trinajstić information content (AvgIpc) is 3.52. The number of aliphatic imine (C=N–C) groups is 1. The number of hydrogen-bond donors (Lipinski definition) is 7. The van der Waals surface area contributed by atoms with E-state index in [0.717, 1.165) is 0 Å². The van der Waals surface area contributed by atoms with Gasteiger partial charge in [-0.2, -0.15) is 0 Å². The molecule has 3 amide bonds. The molecule has 1 aromatic rings. The number of carboxylic acid groups (broad SMARTS) is 1. The number of likely N-dealkylation sites (tertiary alicyclic amines) is 1. The van der Waals surface area contributed by atoms with Gasteiger partial charge >= 0.3 is 5.97 Å². The summed E-state index contributed by atoms with van der Waals surface area (Å²) in [4.78, 5) is 63.1. The van der Waals surface area contributed by atoms with Crippen LogP contribution in [0.3, 0.4) is 0 Å². The van der Waals surface area contributed by atoms with Gasteiger partial charge in [0.25, 0.3) is 0 Å². The molecule has 4 unspecified atom stereocenters. The second-order valence-corrected chi connectivity index (χ2v) is 9.62. The fourth-order valence-corrected chi connectivity index (χ4v) is 4.22. The first-order valence-corrected chi connectivity index (χ1v) is 12.4. The standard InChI is InChI=1S/C23H39N9O5/c1-13(2)9-17(22(36)37)31-19(33)16(10-14-11-27-12-29-14)30-20(34)18-6-4-8-32(18)21(35)15(24)5-3-7-28-23(25)26/h11-13,15-18H,3-10,24H2,1-2H3,(H,27,29)(H,30,34)(H,31,33)(H,36,37)(H4,25,26,28). The van der Waals surface area contributed by atoms with Crippen LogP contribution in [0.4, 0.5) is 0 Å². The molecule has 0 bridgehead atoms. The Labute approximate surface area is 215 Å². The number of aromatic amines is 1. The number of carbonyl (C=O) groups is 4. The largest absolute Gasteiger partial charge is 0.480 e. The van der Waals surface area contributed by atoms with E-state index >= 15 is 0 Å². The Morgan fingerprint density at radius 1 is 1.24 bits per heavy atom. The first-order valence-electron chi connectivity index (χ1n) is 12.4. The highest BCUT2D eigenvalue weighted by atomic mass is 16.4. The minimum absolute atomic E-state index is 0.0313. The van der Waals surface area contributed by atoms with Crippen LogP contribution in [0, 0.1) is 5.92 Å². The molecule has 1 fully saturated rings. The van der Waals surface area contributed by atoms with Crippen LogP contribution < -0.4 is 27.8 Å². The number of aromatic nitrogens is 2. The van der Waals surface area contributed by atoms with Crippen LogP contribution in [0.25, 0.3) is 0 Å². The monoisotopic (exact) mass is 521 g/mol. The fraction of sp³-hybridized carbons (Fsp3) is 0.652. The van der Waals surface area contributed by atoms with Gasteiger partial charge in [-0.05, 0) is 38.0 Å². The van der Waals surface area contributed by atoms with Gasteiger partial charge in [-0.1, -0.05) is 13.8 Å². The molecule has 10 N–H and O–H groups in total. The van der Waals surface area contributed by atoms with Gasteiger partial charge in [0.15, 0.2) is 5.96 Å². The molecule has 1 saturated heterocycles. The maximum atomic E-state index is 13.2. The molecule has 206 valence electrons. The molecule has 2 heterocycles. The highest BCUT2D eigenvalue weighted by molar-refractivity contribution is 5.94. The number of hydrogen-bond acceptors (Lipinski definition) is 7. The number of nitrogens with two attached hydrogens (primary N) is 3. The Balaban J connectivity index is 2.09. The molecule has 0 saturated carbocycles. The third-order valence-electron chi connectivity index (χ3n) is 6.06. The Bertz CT molecular complexity index is 946. The summed E-state index contributed by atoms with van der Waals surface area (Å²) in [6.07, 6.45) is 5.13. The lowest BCUT2D eigenvalue weighted by molar-refractivity contribution is -0.143. The summed E-state index contributed by atoms with van der Waals surface area (Å²) in [5.74, 6) is -2.67. The Morgan fingerprint density at radius 2 is 1.97 bits per heavy atom. The number of nitrogens with one attached hydrogen (secondary N) is 3. The van der Waals surface area contributed by atoms with E-state index in [1.165, 1.54) is 17.4 Å². The molecule has 14 heteroatoms. The average molecular weight is 522 g/mol. The van der Waals surface area contributed by atoms with E-state index in [0.29, 0.717) is 44.5 Å². The third kappa shape index (κ3) is 9.37. The molecule has 0 aromatic carbocycles. The number of H-pyrrole nitrogens is 1. The van der Waals surface area contributed by atoms with Crippen LogP contribution in [0.5, 0.6) is 0 Å². The van der Waals surface area contributed by atoms with E-state index in [1.807, 2.05) is 13.8 Å². The minimum Gasteiger partial charge on any atom is -0.480 e. The Hall–Kier alpha value is -3.68. The second-order valence-electron chi connectivity index (χ2n) is 9.62. The lowest BCUT2D eigenvalue weighted by atomic mass is 10.0. The van der Waals surface area contributed by atoms with E-state index in [4.69, 9.17) is 17.2 Å². The zero-order valence-corrected chi connectivity index (χ0v) is 21.4. The van der Waals surface area contributed by atoms with Crippen molar-refractivity contribution in [2.45, 2.75) is 76.5 Å². The summed E-state index contributed by atoms with van der Waals surface area (Å²) in [6, 6.07) is -3.79. The number of carboxylic acids is 1. The summed E-state index contributed by atoms with van der Waals surface area (Å²) in [7, 11) is 0. The van der Waals surface area contributed by atoms with Crippen LogP contribution in [-0.4, -0.2) is 86.9 Å². The highest BCUT2D eigenvalue weighted by Gasteiger charge is 2.38. The quantitative estimate of drug-likeness (QED) is 0.0848. The molecule has 1 aliphatic heterocycles. The van der Waals surface area contributed by atoms with Crippen LogP contribution in [0.2, 0.25) is 0 Å². The molecule has 1 aliphatic rings. The number of guanidine groups is 1. The first kappa shape index (κ1) is 29.5. The lowest BCUT2D eigenvalue weighted by Crippen LogP contribution is -2.57. The number of aliphatic carboxylic acids is 1. The number of amides is 3. The minimum atomic E-state index is -1.16. The predicted molar refractivity (Wildman–Crippen MR) is 136 cm³/mol. The predicted octanol–water partition coefficient (Wildman–Crippen LogP) is -1.58. The molecule has 1 aromatic heterocycles. The van der Waals surface area contributed by atoms with Gasteiger partial charge in [0.05, 0.1) is 12.4 Å². The van der Waals surface area contributed by atoms with Crippen LogP contribution in [-0.2, 0) is 25.6 Å². The van der Waals surface area contributed by atoms with E-state index in [9.17, 15) is 24.3 Å². The van der Waals surface area contributed by atoms with Crippen molar-refractivity contribution in [3.05, 3.63) is 18.2 Å². The molecule has 0 spiro atoms. The topological polar surface area (TPSA) is 235 Å². The van der Waals surface area contributed by atoms with Crippen molar-refractivity contribution < 1.29 is 24.3 Å². The van der Waals surface area contributed by atoms with Gasteiger partial charge in [0.1, 0.15) is 18.1 Å². The number of carbonyl (C=O) groups excluding carboxylic acids is 3. The number of rotatable bonds is 14. The van der Waals surface area contributed by atoms with Crippen molar-refractivity contribution in [1.82, 2.24) is 25.5 Å². The fourth-order valence-electron chi connectivity index (χ4n) is 4.22. The van der Waals surface area contributed by atoms with Gasteiger partial charge < -0.3 is 42.8 Å². The maximum absolute atomic E-state index is 13.2. The van der Waals surface area contributed by atoms with Crippen molar-refractivity contribution in [1.29, 1.82) is 0 Å². The van der Waals surface area contributed by atoms with Crippen molar-refractivity contribution >= 4 is 29.7 Å². The zero-order chi connectivity index (χ0) is 27.5. The van der Waals surface area contributed by atoms with Gasteiger partial charge in [0, 0.05) is 31.4 Å². The van der Waals surface area contributed by atoms with Crippen molar-refractivity contribution in [2.24, 2.45) is 28.1 Å². The van der Waals surface area contributed by atoms with E-state index in [-0.39, 0.29) is 30.6 Å². The van der Waals surface area contributed by atoms with Crippen LogP contribution in [0.1, 0.15) is 51.6 Å². The molecule has 0 radical (unpaired) electrons. The Morgan fingerprint density at radius 3 is 2.57 bits per heavy atom. The molecular formula is C23H39N9O5. The van der Waals surface area contributed by atoms with Crippen LogP contribution >= 0.6 is 0 Å². The second kappa shape index (κ2) is 14.2. The number of imidazole rings is 1. The summed E-state index contributed by atoms with van der Waals surface area (Å²) >= 11 is 0. The normalized spacial score (nSPS) is 17.6. The van der Waals surface area contributed by atoms with Gasteiger partial charge in [-0.3, -0.25) is 19.4 Å². The molecule has 4 atom stereocenters. The first-order chi connectivity index (χ1) is 17.5. The van der Waals surface area contributed by atoms with Crippen molar-refractivity contribution in [3.63, 3.8) is 0 Å². The van der Waals surface area contributed by atoms with E-state index in [2.05, 4.69) is 25.6 Å². The molecule has 14 nitrogen and oxygen atoms in total. The highest BCUT2D eigenvalue weighted by Crippen LogP contribution is 2.20. The number of nitrogens with zero attached hydrogens (tertiary/aromatic N) is 3. The smallest absolute Gasteiger partial charge is 0.326 e. The van der Waals surface area contributed by atoms with Crippen LogP contribution in [0.15, 0.2) is 17.5 Å². The molecular weight excluding hydrogens is 482 g/mol. The SMILES string of the molecule is CC(C)CC(NC(=O)C(Cc1cnc[nH]1)NC(=O)C1CCCN1C(=O)C(N)CCCN=C(N)N)C(=O)O. The van der Waals surface area contributed by atoms with Gasteiger partial charge in [-0.25, -0.2) is 9.78 Å². The third-order valence-corrected chi connectivity index (χ3v) is 6.06. The van der Waals surface area contributed by atoms with E-state index in [1.54, 1.807) is 0 Å².